The second kappa shape index (κ2) is 4.88. The molecular weight excluding hydrogens is 256 g/mol. The summed E-state index contributed by atoms with van der Waals surface area (Å²) in [6, 6.07) is 9.55. The average molecular weight is 265 g/mol. The molecule has 0 aliphatic rings. The van der Waals surface area contributed by atoms with E-state index < -0.39 is 5.54 Å². The van der Waals surface area contributed by atoms with Crippen LogP contribution in [0.25, 0.3) is 0 Å². The first-order valence-corrected chi connectivity index (χ1v) is 5.14. The minimum absolute atomic E-state index is 0.409. The molecule has 1 unspecified atom stereocenters. The third-order valence-corrected chi connectivity index (χ3v) is 2.52. The SMILES string of the molecule is CC(C#N)(Cc1ccc(Br)cc1)N=C=O. The zero-order chi connectivity index (χ0) is 11.3. The minimum Gasteiger partial charge on any atom is -0.211 e. The van der Waals surface area contributed by atoms with Gasteiger partial charge in [-0.05, 0) is 24.6 Å². The molecule has 0 aliphatic heterocycles. The van der Waals surface area contributed by atoms with E-state index in [1.807, 2.05) is 30.3 Å². The van der Waals surface area contributed by atoms with E-state index in [1.165, 1.54) is 6.08 Å². The first-order valence-electron chi connectivity index (χ1n) is 4.34. The van der Waals surface area contributed by atoms with Gasteiger partial charge in [0.15, 0.2) is 5.54 Å². The molecule has 0 bridgehead atoms. The topological polar surface area (TPSA) is 53.2 Å². The molecule has 1 aromatic rings. The van der Waals surface area contributed by atoms with Crippen LogP contribution in [0.15, 0.2) is 33.7 Å². The Labute approximate surface area is 96.6 Å². The quantitative estimate of drug-likeness (QED) is 0.623. The van der Waals surface area contributed by atoms with Crippen LogP contribution < -0.4 is 0 Å². The number of hydrogen-bond acceptors (Lipinski definition) is 3. The summed E-state index contributed by atoms with van der Waals surface area (Å²) in [5, 5.41) is 8.90. The molecule has 0 saturated carbocycles. The smallest absolute Gasteiger partial charge is 0.211 e. The van der Waals surface area contributed by atoms with Crippen molar-refractivity contribution in [1.29, 1.82) is 5.26 Å². The molecular formula is C11H9BrN2O. The molecule has 15 heavy (non-hydrogen) atoms. The van der Waals surface area contributed by atoms with Crippen molar-refractivity contribution >= 4 is 22.0 Å². The lowest BCUT2D eigenvalue weighted by molar-refractivity contribution is 0.541. The molecule has 3 nitrogen and oxygen atoms in total. The highest BCUT2D eigenvalue weighted by Gasteiger charge is 2.23. The predicted molar refractivity (Wildman–Crippen MR) is 60.0 cm³/mol. The molecule has 0 amide bonds. The van der Waals surface area contributed by atoms with Crippen molar-refractivity contribution in [3.63, 3.8) is 0 Å². The van der Waals surface area contributed by atoms with Gasteiger partial charge in [-0.25, -0.2) is 4.79 Å². The summed E-state index contributed by atoms with van der Waals surface area (Å²) in [7, 11) is 0. The average Bonchev–Trinajstić information content (AvgIpc) is 2.22. The molecule has 0 N–H and O–H groups in total. The number of rotatable bonds is 3. The van der Waals surface area contributed by atoms with Gasteiger partial charge >= 0.3 is 0 Å². The third-order valence-electron chi connectivity index (χ3n) is 1.99. The number of benzene rings is 1. The number of isocyanates is 1. The first-order chi connectivity index (χ1) is 7.09. The Morgan fingerprint density at radius 1 is 1.47 bits per heavy atom. The number of hydrogen-bond donors (Lipinski definition) is 0. The van der Waals surface area contributed by atoms with Crippen LogP contribution in [-0.2, 0) is 11.2 Å². The van der Waals surface area contributed by atoms with Gasteiger partial charge in [0.05, 0.1) is 6.07 Å². The molecule has 0 radical (unpaired) electrons. The van der Waals surface area contributed by atoms with Crippen LogP contribution in [0.3, 0.4) is 0 Å². The van der Waals surface area contributed by atoms with Crippen molar-refractivity contribution in [2.75, 3.05) is 0 Å². The summed E-state index contributed by atoms with van der Waals surface area (Å²) in [5.74, 6) is 0. The Hall–Kier alpha value is -1.43. The van der Waals surface area contributed by atoms with Crippen LogP contribution in [0.2, 0.25) is 0 Å². The number of nitriles is 1. The van der Waals surface area contributed by atoms with Crippen LogP contribution >= 0.6 is 15.9 Å². The molecule has 1 rings (SSSR count). The van der Waals surface area contributed by atoms with E-state index in [1.54, 1.807) is 6.92 Å². The normalized spacial score (nSPS) is 13.4. The molecule has 0 saturated heterocycles. The summed E-state index contributed by atoms with van der Waals surface area (Å²) < 4.78 is 0.976. The number of aliphatic imine (C=N–C) groups is 1. The first kappa shape index (κ1) is 11.6. The Balaban J connectivity index is 2.90. The van der Waals surface area contributed by atoms with Crippen LogP contribution in [0.1, 0.15) is 12.5 Å². The van der Waals surface area contributed by atoms with Gasteiger partial charge < -0.3 is 0 Å². The molecule has 0 spiro atoms. The van der Waals surface area contributed by atoms with Gasteiger partial charge in [0.2, 0.25) is 6.08 Å². The van der Waals surface area contributed by atoms with E-state index in [4.69, 9.17) is 5.26 Å². The van der Waals surface area contributed by atoms with Gasteiger partial charge in [-0.1, -0.05) is 28.1 Å². The number of carbonyl (C=O) groups excluding carboxylic acids is 1. The van der Waals surface area contributed by atoms with Crippen molar-refractivity contribution < 1.29 is 4.79 Å². The van der Waals surface area contributed by atoms with E-state index in [2.05, 4.69) is 20.9 Å². The Morgan fingerprint density at radius 3 is 2.53 bits per heavy atom. The van der Waals surface area contributed by atoms with E-state index in [-0.39, 0.29) is 0 Å². The fourth-order valence-electron chi connectivity index (χ4n) is 1.20. The van der Waals surface area contributed by atoms with Crippen LogP contribution in [0.5, 0.6) is 0 Å². The minimum atomic E-state index is -1.02. The van der Waals surface area contributed by atoms with Crippen molar-refractivity contribution in [3.8, 4) is 6.07 Å². The van der Waals surface area contributed by atoms with Gasteiger partial charge in [0.25, 0.3) is 0 Å². The number of halogens is 1. The second-order valence-electron chi connectivity index (χ2n) is 3.39. The van der Waals surface area contributed by atoms with Crippen LogP contribution in [0, 0.1) is 11.3 Å². The lowest BCUT2D eigenvalue weighted by atomic mass is 9.95. The summed E-state index contributed by atoms with van der Waals surface area (Å²) in [6.07, 6.45) is 1.84. The Bertz CT molecular complexity index is 429. The third kappa shape index (κ3) is 3.32. The molecule has 0 aromatic heterocycles. The van der Waals surface area contributed by atoms with E-state index >= 15 is 0 Å². The lowest BCUT2D eigenvalue weighted by Gasteiger charge is -2.13. The van der Waals surface area contributed by atoms with E-state index in [0.717, 1.165) is 10.0 Å². The molecule has 0 aliphatic carbocycles. The van der Waals surface area contributed by atoms with E-state index in [9.17, 15) is 4.79 Å². The summed E-state index contributed by atoms with van der Waals surface area (Å²) >= 11 is 3.32. The maximum Gasteiger partial charge on any atom is 0.236 e. The largest absolute Gasteiger partial charge is 0.236 e. The lowest BCUT2D eigenvalue weighted by Crippen LogP contribution is -2.22. The second-order valence-corrected chi connectivity index (χ2v) is 4.31. The summed E-state index contributed by atoms with van der Waals surface area (Å²) in [4.78, 5) is 13.7. The number of nitrogens with zero attached hydrogens (tertiary/aromatic N) is 2. The van der Waals surface area contributed by atoms with Gasteiger partial charge in [-0.2, -0.15) is 10.3 Å². The van der Waals surface area contributed by atoms with Gasteiger partial charge in [0.1, 0.15) is 0 Å². The predicted octanol–water partition coefficient (Wildman–Crippen LogP) is 2.61. The maximum absolute atomic E-state index is 10.2. The molecule has 4 heteroatoms. The van der Waals surface area contributed by atoms with Gasteiger partial charge in [-0.3, -0.25) is 0 Å². The summed E-state index contributed by atoms with van der Waals surface area (Å²) in [6.45, 7) is 1.61. The summed E-state index contributed by atoms with van der Waals surface area (Å²) in [5.41, 5.74) is -0.0588. The molecule has 1 aromatic carbocycles. The van der Waals surface area contributed by atoms with Gasteiger partial charge in [-0.15, -0.1) is 0 Å². The van der Waals surface area contributed by atoms with E-state index in [0.29, 0.717) is 6.42 Å². The van der Waals surface area contributed by atoms with Crippen LogP contribution in [0.4, 0.5) is 0 Å². The highest BCUT2D eigenvalue weighted by molar-refractivity contribution is 9.10. The monoisotopic (exact) mass is 264 g/mol. The van der Waals surface area contributed by atoms with Crippen molar-refractivity contribution in [3.05, 3.63) is 34.3 Å². The zero-order valence-corrected chi connectivity index (χ0v) is 9.78. The zero-order valence-electron chi connectivity index (χ0n) is 8.20. The molecule has 76 valence electrons. The molecule has 0 heterocycles. The fraction of sp³-hybridized carbons (Fsp3) is 0.273. The molecule has 0 fully saturated rings. The standard InChI is InChI=1S/C11H9BrN2O/c1-11(7-13,14-8-15)6-9-2-4-10(12)5-3-9/h2-5H,6H2,1H3. The maximum atomic E-state index is 10.2. The highest BCUT2D eigenvalue weighted by atomic mass is 79.9. The van der Waals surface area contributed by atoms with Crippen molar-refractivity contribution in [2.24, 2.45) is 4.99 Å². The van der Waals surface area contributed by atoms with Gasteiger partial charge in [0, 0.05) is 10.9 Å². The molecule has 1 atom stereocenters. The Kier molecular flexibility index (Phi) is 3.79. The van der Waals surface area contributed by atoms with Crippen molar-refractivity contribution in [2.45, 2.75) is 18.9 Å². The Morgan fingerprint density at radius 2 is 2.07 bits per heavy atom. The van der Waals surface area contributed by atoms with Crippen molar-refractivity contribution in [1.82, 2.24) is 0 Å². The fourth-order valence-corrected chi connectivity index (χ4v) is 1.47. The van der Waals surface area contributed by atoms with Crippen LogP contribution in [-0.4, -0.2) is 11.6 Å². The highest BCUT2D eigenvalue weighted by Crippen LogP contribution is 2.18.